The van der Waals surface area contributed by atoms with Crippen LogP contribution in [0.4, 0.5) is 5.69 Å². The number of nitrogens with two attached hydrogens (primary N) is 1. The van der Waals surface area contributed by atoms with Gasteiger partial charge in [0.05, 0.1) is 17.4 Å². The van der Waals surface area contributed by atoms with Crippen molar-refractivity contribution in [3.8, 4) is 0 Å². The molecule has 0 aliphatic heterocycles. The first-order chi connectivity index (χ1) is 8.28. The molecule has 18 heavy (non-hydrogen) atoms. The van der Waals surface area contributed by atoms with Crippen molar-refractivity contribution in [1.82, 2.24) is 10.3 Å². The van der Waals surface area contributed by atoms with Gasteiger partial charge in [-0.1, -0.05) is 27.7 Å². The molecule has 0 spiro atoms. The second-order valence-corrected chi connectivity index (χ2v) is 6.17. The predicted octanol–water partition coefficient (Wildman–Crippen LogP) is 2.08. The number of amides is 1. The molecule has 4 heteroatoms. The molecule has 1 aromatic rings. The van der Waals surface area contributed by atoms with Crippen molar-refractivity contribution in [2.75, 3.05) is 12.3 Å². The van der Waals surface area contributed by atoms with Crippen molar-refractivity contribution >= 4 is 11.6 Å². The largest absolute Gasteiger partial charge is 0.397 e. The van der Waals surface area contributed by atoms with Crippen LogP contribution in [0.15, 0.2) is 18.5 Å². The maximum atomic E-state index is 12.0. The van der Waals surface area contributed by atoms with E-state index in [1.165, 1.54) is 6.20 Å². The van der Waals surface area contributed by atoms with Gasteiger partial charge in [0.2, 0.25) is 0 Å². The van der Waals surface area contributed by atoms with Gasteiger partial charge in [-0.25, -0.2) is 0 Å². The van der Waals surface area contributed by atoms with E-state index >= 15 is 0 Å². The molecule has 1 fully saturated rings. The lowest BCUT2D eigenvalue weighted by atomic mass is 10.0. The minimum absolute atomic E-state index is 0.117. The first kappa shape index (κ1) is 12.9. The third-order valence-corrected chi connectivity index (χ3v) is 4.88. The first-order valence-electron chi connectivity index (χ1n) is 6.26. The van der Waals surface area contributed by atoms with Gasteiger partial charge in [-0.3, -0.25) is 9.78 Å². The number of nitrogen functional groups attached to an aromatic ring is 1. The van der Waals surface area contributed by atoms with Crippen LogP contribution in [0.1, 0.15) is 38.1 Å². The Morgan fingerprint density at radius 3 is 2.50 bits per heavy atom. The molecule has 2 rings (SSSR count). The van der Waals surface area contributed by atoms with E-state index < -0.39 is 0 Å². The molecule has 0 radical (unpaired) electrons. The highest BCUT2D eigenvalue weighted by atomic mass is 16.1. The lowest BCUT2D eigenvalue weighted by Crippen LogP contribution is -2.27. The van der Waals surface area contributed by atoms with Gasteiger partial charge in [0.25, 0.3) is 5.91 Å². The van der Waals surface area contributed by atoms with Crippen molar-refractivity contribution in [3.63, 3.8) is 0 Å². The summed E-state index contributed by atoms with van der Waals surface area (Å²) >= 11 is 0. The summed E-state index contributed by atoms with van der Waals surface area (Å²) in [6.07, 6.45) is 3.08. The number of hydrogen-bond donors (Lipinski definition) is 2. The highest BCUT2D eigenvalue weighted by Crippen LogP contribution is 2.67. The number of aromatic nitrogens is 1. The molecule has 0 saturated heterocycles. The average Bonchev–Trinajstić information content (AvgIpc) is 2.67. The van der Waals surface area contributed by atoms with Crippen LogP contribution < -0.4 is 11.1 Å². The molecule has 1 aliphatic carbocycles. The summed E-state index contributed by atoms with van der Waals surface area (Å²) < 4.78 is 0. The van der Waals surface area contributed by atoms with Crippen LogP contribution in [0.2, 0.25) is 0 Å². The molecule has 1 saturated carbocycles. The maximum Gasteiger partial charge on any atom is 0.253 e. The topological polar surface area (TPSA) is 68.0 Å². The number of rotatable bonds is 3. The number of nitrogens with one attached hydrogen (secondary N) is 1. The van der Waals surface area contributed by atoms with E-state index in [0.717, 1.165) is 0 Å². The minimum Gasteiger partial charge on any atom is -0.397 e. The molecule has 1 amide bonds. The fourth-order valence-electron chi connectivity index (χ4n) is 2.75. The van der Waals surface area contributed by atoms with Crippen molar-refractivity contribution < 1.29 is 4.79 Å². The predicted molar refractivity (Wildman–Crippen MR) is 72.0 cm³/mol. The van der Waals surface area contributed by atoms with Crippen LogP contribution in [-0.2, 0) is 0 Å². The van der Waals surface area contributed by atoms with Gasteiger partial charge in [-0.2, -0.15) is 0 Å². The lowest BCUT2D eigenvalue weighted by Gasteiger charge is -2.08. The summed E-state index contributed by atoms with van der Waals surface area (Å²) in [5.74, 6) is 0.394. The fourth-order valence-corrected chi connectivity index (χ4v) is 2.75. The summed E-state index contributed by atoms with van der Waals surface area (Å²) in [5.41, 5.74) is 7.21. The smallest absolute Gasteiger partial charge is 0.253 e. The van der Waals surface area contributed by atoms with E-state index in [-0.39, 0.29) is 16.7 Å². The maximum absolute atomic E-state index is 12.0. The van der Waals surface area contributed by atoms with E-state index in [0.29, 0.717) is 23.7 Å². The first-order valence-corrected chi connectivity index (χ1v) is 6.26. The summed E-state index contributed by atoms with van der Waals surface area (Å²) in [4.78, 5) is 15.9. The van der Waals surface area contributed by atoms with Gasteiger partial charge in [0, 0.05) is 12.7 Å². The number of pyridine rings is 1. The molecule has 98 valence electrons. The Kier molecular flexibility index (Phi) is 2.84. The highest BCUT2D eigenvalue weighted by Gasteiger charge is 2.64. The molecular formula is C14H21N3O. The second-order valence-electron chi connectivity index (χ2n) is 6.17. The van der Waals surface area contributed by atoms with Crippen molar-refractivity contribution in [1.29, 1.82) is 0 Å². The molecule has 0 unspecified atom stereocenters. The molecule has 1 heterocycles. The molecule has 3 N–H and O–H groups in total. The van der Waals surface area contributed by atoms with Gasteiger partial charge in [0.1, 0.15) is 0 Å². The Labute approximate surface area is 108 Å². The zero-order valence-corrected chi connectivity index (χ0v) is 11.4. The van der Waals surface area contributed by atoms with Crippen LogP contribution >= 0.6 is 0 Å². The Bertz CT molecular complexity index is 466. The lowest BCUT2D eigenvalue weighted by molar-refractivity contribution is 0.0950. The van der Waals surface area contributed by atoms with Crippen LogP contribution in [0, 0.1) is 16.7 Å². The van der Waals surface area contributed by atoms with Crippen LogP contribution in [0.25, 0.3) is 0 Å². The number of carbonyl (C=O) groups is 1. The summed E-state index contributed by atoms with van der Waals surface area (Å²) in [6.45, 7) is 9.66. The number of hydrogen-bond acceptors (Lipinski definition) is 3. The van der Waals surface area contributed by atoms with Gasteiger partial charge in [-0.15, -0.1) is 0 Å². The van der Waals surface area contributed by atoms with Crippen LogP contribution in [-0.4, -0.2) is 17.4 Å². The SMILES string of the molecule is CC1(C)C(CNC(=O)c2ccncc2N)C1(C)C. The quantitative estimate of drug-likeness (QED) is 0.859. The van der Waals surface area contributed by atoms with Crippen molar-refractivity contribution in [3.05, 3.63) is 24.0 Å². The van der Waals surface area contributed by atoms with Crippen molar-refractivity contribution in [2.45, 2.75) is 27.7 Å². The molecule has 0 atom stereocenters. The monoisotopic (exact) mass is 247 g/mol. The van der Waals surface area contributed by atoms with Gasteiger partial charge in [-0.05, 0) is 22.8 Å². The Morgan fingerprint density at radius 1 is 1.39 bits per heavy atom. The van der Waals surface area contributed by atoms with Gasteiger partial charge >= 0.3 is 0 Å². The normalized spacial score (nSPS) is 20.4. The van der Waals surface area contributed by atoms with Crippen LogP contribution in [0.5, 0.6) is 0 Å². The summed E-state index contributed by atoms with van der Waals surface area (Å²) in [5, 5.41) is 2.97. The Balaban J connectivity index is 1.97. The zero-order valence-electron chi connectivity index (χ0n) is 11.4. The number of nitrogens with zero attached hydrogens (tertiary/aromatic N) is 1. The molecule has 1 aromatic heterocycles. The fraction of sp³-hybridized carbons (Fsp3) is 0.571. The average molecular weight is 247 g/mol. The van der Waals surface area contributed by atoms with Crippen LogP contribution in [0.3, 0.4) is 0 Å². The van der Waals surface area contributed by atoms with Gasteiger partial charge in [0.15, 0.2) is 0 Å². The van der Waals surface area contributed by atoms with Crippen molar-refractivity contribution in [2.24, 2.45) is 16.7 Å². The molecule has 4 nitrogen and oxygen atoms in total. The Hall–Kier alpha value is -1.58. The summed E-state index contributed by atoms with van der Waals surface area (Å²) in [6, 6.07) is 1.65. The molecule has 1 aliphatic rings. The van der Waals surface area contributed by atoms with Gasteiger partial charge < -0.3 is 11.1 Å². The number of carbonyl (C=O) groups excluding carboxylic acids is 1. The Morgan fingerprint density at radius 2 is 2.00 bits per heavy atom. The number of anilines is 1. The minimum atomic E-state index is -0.117. The summed E-state index contributed by atoms with van der Waals surface area (Å²) in [7, 11) is 0. The van der Waals surface area contributed by atoms with E-state index in [1.807, 2.05) is 0 Å². The highest BCUT2D eigenvalue weighted by molar-refractivity contribution is 5.98. The molecule has 0 aromatic carbocycles. The third kappa shape index (κ3) is 1.85. The molecular weight excluding hydrogens is 226 g/mol. The van der Waals surface area contributed by atoms with E-state index in [2.05, 4.69) is 38.0 Å². The zero-order chi connectivity index (χ0) is 13.6. The van der Waals surface area contributed by atoms with E-state index in [1.54, 1.807) is 12.3 Å². The molecule has 0 bridgehead atoms. The standard InChI is InChI=1S/C14H21N3O/c1-13(2)11(14(13,3)4)8-17-12(18)9-5-6-16-7-10(9)15/h5-7,11H,8,15H2,1-4H3,(H,17,18). The third-order valence-electron chi connectivity index (χ3n) is 4.88. The second kappa shape index (κ2) is 3.97. The van der Waals surface area contributed by atoms with E-state index in [4.69, 9.17) is 5.73 Å². The van der Waals surface area contributed by atoms with E-state index in [9.17, 15) is 4.79 Å².